The second-order valence-electron chi connectivity index (χ2n) is 2.10. The third-order valence-corrected chi connectivity index (χ3v) is 0.964. The lowest BCUT2D eigenvalue weighted by molar-refractivity contribution is -0.137. The van der Waals surface area contributed by atoms with E-state index in [0.29, 0.717) is 6.42 Å². The van der Waals surface area contributed by atoms with Crippen LogP contribution < -0.4 is 5.32 Å². The van der Waals surface area contributed by atoms with Crippen molar-refractivity contribution in [2.24, 2.45) is 0 Å². The summed E-state index contributed by atoms with van der Waals surface area (Å²) in [7, 11) is 0. The first kappa shape index (κ1) is 17.7. The van der Waals surface area contributed by atoms with Crippen molar-refractivity contribution in [3.05, 3.63) is 0 Å². The zero-order chi connectivity index (χ0) is 9.11. The molecule has 0 aromatic carbocycles. The Morgan fingerprint density at radius 2 is 1.67 bits per heavy atom. The van der Waals surface area contributed by atoms with Gasteiger partial charge in [0.05, 0.1) is 0 Å². The van der Waals surface area contributed by atoms with Gasteiger partial charge >= 0.3 is 5.97 Å². The van der Waals surface area contributed by atoms with Gasteiger partial charge in [-0.25, -0.2) is 0 Å². The van der Waals surface area contributed by atoms with E-state index in [-0.39, 0.29) is 12.4 Å². The Bertz CT molecular complexity index is 87.1. The van der Waals surface area contributed by atoms with Crippen LogP contribution in [-0.2, 0) is 4.79 Å². The van der Waals surface area contributed by atoms with Crippen LogP contribution in [0.1, 0.15) is 33.6 Å². The molecule has 0 aliphatic carbocycles. The zero-order valence-corrected chi connectivity index (χ0v) is 8.91. The highest BCUT2D eigenvalue weighted by molar-refractivity contribution is 5.85. The summed E-state index contributed by atoms with van der Waals surface area (Å²) < 4.78 is 0. The van der Waals surface area contributed by atoms with Gasteiger partial charge in [0.2, 0.25) is 0 Å². The first-order chi connectivity index (χ1) is 5.18. The Morgan fingerprint density at radius 1 is 1.25 bits per heavy atom. The number of carboxylic acid groups (broad SMARTS) is 1. The third-order valence-electron chi connectivity index (χ3n) is 0.964. The van der Waals surface area contributed by atoms with Crippen molar-refractivity contribution < 1.29 is 9.90 Å². The maximum absolute atomic E-state index is 9.60. The molecule has 12 heavy (non-hydrogen) atoms. The van der Waals surface area contributed by atoms with Gasteiger partial charge in [0, 0.05) is 6.42 Å². The first-order valence-corrected chi connectivity index (χ1v) is 4.11. The molecule has 3 nitrogen and oxygen atoms in total. The van der Waals surface area contributed by atoms with Crippen molar-refractivity contribution in [3.8, 4) is 0 Å². The van der Waals surface area contributed by atoms with E-state index in [2.05, 4.69) is 19.2 Å². The summed E-state index contributed by atoms with van der Waals surface area (Å²) in [6, 6.07) is 0. The number of aliphatic carboxylic acids is 1. The molecule has 0 unspecified atom stereocenters. The van der Waals surface area contributed by atoms with E-state index < -0.39 is 5.97 Å². The molecule has 0 rings (SSSR count). The SMILES string of the molecule is CCCC(=O)O.CCNCC.Cl. The second kappa shape index (κ2) is 17.0. The highest BCUT2D eigenvalue weighted by atomic mass is 35.5. The standard InChI is InChI=1S/C4H11N.C4H8O2.ClH/c1-3-5-4-2;1-2-3-4(5)6;/h5H,3-4H2,1-2H3;2-3H2,1H3,(H,5,6);1H. The summed E-state index contributed by atoms with van der Waals surface area (Å²) >= 11 is 0. The van der Waals surface area contributed by atoms with Crippen molar-refractivity contribution in [3.63, 3.8) is 0 Å². The van der Waals surface area contributed by atoms with E-state index in [9.17, 15) is 4.79 Å². The van der Waals surface area contributed by atoms with Gasteiger partial charge in [-0.05, 0) is 19.5 Å². The van der Waals surface area contributed by atoms with Gasteiger partial charge in [0.25, 0.3) is 0 Å². The summed E-state index contributed by atoms with van der Waals surface area (Å²) in [6.45, 7) is 8.23. The largest absolute Gasteiger partial charge is 0.481 e. The van der Waals surface area contributed by atoms with Gasteiger partial charge in [-0.3, -0.25) is 4.79 Å². The highest BCUT2D eigenvalue weighted by Gasteiger charge is 1.87. The molecule has 0 amide bonds. The lowest BCUT2D eigenvalue weighted by Gasteiger charge is -1.86. The molecule has 0 aromatic rings. The van der Waals surface area contributed by atoms with Gasteiger partial charge in [-0.1, -0.05) is 20.8 Å². The normalized spacial score (nSPS) is 7.58. The molecule has 76 valence electrons. The number of nitrogens with one attached hydrogen (secondary N) is 1. The van der Waals surface area contributed by atoms with Crippen LogP contribution in [0.4, 0.5) is 0 Å². The summed E-state index contributed by atoms with van der Waals surface area (Å²) in [6.07, 6.45) is 1.02. The average Bonchev–Trinajstić information content (AvgIpc) is 1.90. The van der Waals surface area contributed by atoms with E-state index in [0.717, 1.165) is 19.5 Å². The number of carbonyl (C=O) groups is 1. The predicted molar refractivity (Wildman–Crippen MR) is 54.0 cm³/mol. The molecule has 0 atom stereocenters. The van der Waals surface area contributed by atoms with Crippen LogP contribution in [0.25, 0.3) is 0 Å². The fourth-order valence-electron chi connectivity index (χ4n) is 0.464. The molecule has 2 N–H and O–H groups in total. The Hall–Kier alpha value is -0.280. The molecule has 0 saturated heterocycles. The lowest BCUT2D eigenvalue weighted by atomic mass is 10.4. The Morgan fingerprint density at radius 3 is 1.67 bits per heavy atom. The molecule has 0 aliphatic rings. The smallest absolute Gasteiger partial charge is 0.303 e. The lowest BCUT2D eigenvalue weighted by Crippen LogP contribution is -2.09. The molecule has 0 aromatic heterocycles. The van der Waals surface area contributed by atoms with Crippen LogP contribution in [0.2, 0.25) is 0 Å². The predicted octanol–water partition coefficient (Wildman–Crippen LogP) is 1.91. The molecule has 4 heteroatoms. The fraction of sp³-hybridized carbons (Fsp3) is 0.875. The van der Waals surface area contributed by atoms with Crippen molar-refractivity contribution in [2.45, 2.75) is 33.6 Å². The minimum Gasteiger partial charge on any atom is -0.481 e. The molecule has 0 spiro atoms. The summed E-state index contributed by atoms with van der Waals surface area (Å²) in [5.74, 6) is -0.711. The van der Waals surface area contributed by atoms with Crippen LogP contribution in [0.15, 0.2) is 0 Å². The van der Waals surface area contributed by atoms with Crippen LogP contribution >= 0.6 is 12.4 Å². The molecular formula is C8H20ClNO2. The maximum Gasteiger partial charge on any atom is 0.303 e. The van der Waals surface area contributed by atoms with Crippen LogP contribution in [0.3, 0.4) is 0 Å². The average molecular weight is 198 g/mol. The van der Waals surface area contributed by atoms with E-state index in [1.807, 2.05) is 6.92 Å². The molecule has 0 bridgehead atoms. The van der Waals surface area contributed by atoms with Crippen LogP contribution in [-0.4, -0.2) is 24.2 Å². The monoisotopic (exact) mass is 197 g/mol. The van der Waals surface area contributed by atoms with Crippen molar-refractivity contribution in [2.75, 3.05) is 13.1 Å². The highest BCUT2D eigenvalue weighted by Crippen LogP contribution is 1.82. The maximum atomic E-state index is 9.60. The third kappa shape index (κ3) is 33.2. The molecule has 0 saturated carbocycles. The quantitative estimate of drug-likeness (QED) is 0.724. The van der Waals surface area contributed by atoms with E-state index in [1.165, 1.54) is 0 Å². The summed E-state index contributed by atoms with van der Waals surface area (Å²) in [5, 5.41) is 11.0. The minimum absolute atomic E-state index is 0. The van der Waals surface area contributed by atoms with Crippen LogP contribution in [0.5, 0.6) is 0 Å². The molecule has 0 fully saturated rings. The van der Waals surface area contributed by atoms with Gasteiger partial charge in [0.1, 0.15) is 0 Å². The van der Waals surface area contributed by atoms with Gasteiger partial charge < -0.3 is 10.4 Å². The van der Waals surface area contributed by atoms with Crippen molar-refractivity contribution in [1.82, 2.24) is 5.32 Å². The minimum atomic E-state index is -0.711. The van der Waals surface area contributed by atoms with E-state index in [1.54, 1.807) is 0 Å². The van der Waals surface area contributed by atoms with E-state index >= 15 is 0 Å². The van der Waals surface area contributed by atoms with E-state index in [4.69, 9.17) is 5.11 Å². The number of rotatable bonds is 4. The number of hydrogen-bond acceptors (Lipinski definition) is 2. The van der Waals surface area contributed by atoms with Crippen molar-refractivity contribution in [1.29, 1.82) is 0 Å². The molecular weight excluding hydrogens is 178 g/mol. The Balaban J connectivity index is -0.000000126. The Labute approximate surface area is 81.0 Å². The second-order valence-corrected chi connectivity index (χ2v) is 2.10. The van der Waals surface area contributed by atoms with Gasteiger partial charge in [0.15, 0.2) is 0 Å². The fourth-order valence-corrected chi connectivity index (χ4v) is 0.464. The molecule has 0 heterocycles. The summed E-state index contributed by atoms with van der Waals surface area (Å²) in [4.78, 5) is 9.60. The Kier molecular flexibility index (Phi) is 25.1. The number of carboxylic acids is 1. The molecule has 0 aliphatic heterocycles. The first-order valence-electron chi connectivity index (χ1n) is 4.11. The van der Waals surface area contributed by atoms with Gasteiger partial charge in [-0.2, -0.15) is 0 Å². The molecule has 0 radical (unpaired) electrons. The topological polar surface area (TPSA) is 49.3 Å². The number of hydrogen-bond donors (Lipinski definition) is 2. The zero-order valence-electron chi connectivity index (χ0n) is 8.09. The number of halogens is 1. The summed E-state index contributed by atoms with van der Waals surface area (Å²) in [5.41, 5.74) is 0. The van der Waals surface area contributed by atoms with Crippen molar-refractivity contribution >= 4 is 18.4 Å². The van der Waals surface area contributed by atoms with Gasteiger partial charge in [-0.15, -0.1) is 12.4 Å². The van der Waals surface area contributed by atoms with Crippen LogP contribution in [0, 0.1) is 0 Å².